The molecule has 1 aliphatic rings. The Morgan fingerprint density at radius 2 is 2.20 bits per heavy atom. The number of alkyl halides is 2. The van der Waals surface area contributed by atoms with E-state index in [9.17, 15) is 8.78 Å². The monoisotopic (exact) mass is 354 g/mol. The Hall–Kier alpha value is -2.49. The second-order valence-corrected chi connectivity index (χ2v) is 5.84. The first-order chi connectivity index (χ1) is 12.1. The summed E-state index contributed by atoms with van der Waals surface area (Å²) in [6.07, 6.45) is 5.09. The number of anilines is 2. The van der Waals surface area contributed by atoms with Crippen molar-refractivity contribution in [2.24, 2.45) is 5.92 Å². The van der Waals surface area contributed by atoms with Gasteiger partial charge in [-0.1, -0.05) is 6.92 Å². The number of aromatic nitrogens is 4. The van der Waals surface area contributed by atoms with Gasteiger partial charge in [-0.05, 0) is 19.4 Å². The molecular weight excluding hydrogens is 334 g/mol. The van der Waals surface area contributed by atoms with E-state index < -0.39 is 6.61 Å². The number of hydrogen-bond donors (Lipinski definition) is 3. The van der Waals surface area contributed by atoms with Gasteiger partial charge in [-0.2, -0.15) is 18.9 Å². The predicted molar refractivity (Wildman–Crippen MR) is 86.2 cm³/mol. The molecule has 2 aromatic heterocycles. The number of halogens is 2. The maximum atomic E-state index is 12.2. The van der Waals surface area contributed by atoms with Gasteiger partial charge in [-0.25, -0.2) is 5.10 Å². The molecule has 2 atom stereocenters. The largest absolute Gasteiger partial charge is 0.473 e. The van der Waals surface area contributed by atoms with Crippen LogP contribution in [0.3, 0.4) is 0 Å². The summed E-state index contributed by atoms with van der Waals surface area (Å²) in [5.41, 5.74) is 0. The van der Waals surface area contributed by atoms with E-state index in [1.807, 2.05) is 0 Å². The summed E-state index contributed by atoms with van der Waals surface area (Å²) in [6, 6.07) is 1.31. The highest BCUT2D eigenvalue weighted by molar-refractivity contribution is 5.51. The van der Waals surface area contributed by atoms with Crippen molar-refractivity contribution >= 4 is 11.6 Å². The first-order valence-corrected chi connectivity index (χ1v) is 8.07. The van der Waals surface area contributed by atoms with Crippen LogP contribution in [0.15, 0.2) is 18.5 Å². The van der Waals surface area contributed by atoms with Gasteiger partial charge in [-0.15, -0.1) is 0 Å². The first-order valence-electron chi connectivity index (χ1n) is 8.07. The first kappa shape index (κ1) is 17.3. The predicted octanol–water partition coefficient (Wildman–Crippen LogP) is 2.31. The Kier molecular flexibility index (Phi) is 5.59. The van der Waals surface area contributed by atoms with Crippen LogP contribution in [0.2, 0.25) is 0 Å². The minimum Gasteiger partial charge on any atom is -0.473 e. The normalized spacial score (nSPS) is 21.0. The average molecular weight is 354 g/mol. The lowest BCUT2D eigenvalue weighted by Gasteiger charge is -2.22. The number of hydrogen-bond acceptors (Lipinski definition) is 7. The minimum atomic E-state index is -2.92. The van der Waals surface area contributed by atoms with Crippen LogP contribution < -0.4 is 20.1 Å². The molecule has 0 saturated carbocycles. The molecule has 1 aliphatic heterocycles. The van der Waals surface area contributed by atoms with E-state index in [2.05, 4.69) is 42.5 Å². The fourth-order valence-electron chi connectivity index (χ4n) is 2.62. The lowest BCUT2D eigenvalue weighted by molar-refractivity contribution is -0.0528. The molecule has 0 spiro atoms. The highest BCUT2D eigenvalue weighted by Crippen LogP contribution is 2.22. The number of rotatable bonds is 6. The fourth-order valence-corrected chi connectivity index (χ4v) is 2.62. The summed E-state index contributed by atoms with van der Waals surface area (Å²) < 4.78 is 34.5. The van der Waals surface area contributed by atoms with E-state index >= 15 is 0 Å². The molecule has 25 heavy (non-hydrogen) atoms. The molecule has 136 valence electrons. The topological polar surface area (TPSA) is 97.0 Å². The Morgan fingerprint density at radius 1 is 1.32 bits per heavy atom. The molecule has 3 N–H and O–H groups in total. The quantitative estimate of drug-likeness (QED) is 0.732. The summed E-state index contributed by atoms with van der Waals surface area (Å²) in [5.74, 6) is 1.31. The van der Waals surface area contributed by atoms with E-state index in [0.717, 1.165) is 25.9 Å². The lowest BCUT2D eigenvalue weighted by atomic mass is 10.0. The Balaban J connectivity index is 1.63. The zero-order chi connectivity index (χ0) is 17.6. The summed E-state index contributed by atoms with van der Waals surface area (Å²) in [7, 11) is 0. The van der Waals surface area contributed by atoms with E-state index in [1.54, 1.807) is 6.20 Å². The highest BCUT2D eigenvalue weighted by Gasteiger charge is 2.22. The molecule has 0 amide bonds. The van der Waals surface area contributed by atoms with Crippen molar-refractivity contribution in [2.75, 3.05) is 18.4 Å². The van der Waals surface area contributed by atoms with Crippen LogP contribution in [0.4, 0.5) is 20.4 Å². The van der Waals surface area contributed by atoms with Gasteiger partial charge >= 0.3 is 6.61 Å². The molecule has 1 saturated heterocycles. The van der Waals surface area contributed by atoms with Crippen LogP contribution in [-0.4, -0.2) is 46.0 Å². The van der Waals surface area contributed by atoms with E-state index in [-0.39, 0.29) is 17.8 Å². The van der Waals surface area contributed by atoms with Crippen molar-refractivity contribution < 1.29 is 18.3 Å². The maximum absolute atomic E-state index is 12.2. The van der Waals surface area contributed by atoms with Gasteiger partial charge in [0.1, 0.15) is 6.10 Å². The van der Waals surface area contributed by atoms with Crippen LogP contribution in [-0.2, 0) is 0 Å². The molecule has 3 rings (SSSR count). The molecule has 1 fully saturated rings. The van der Waals surface area contributed by atoms with Gasteiger partial charge in [0.15, 0.2) is 11.6 Å². The van der Waals surface area contributed by atoms with E-state index in [4.69, 9.17) is 4.74 Å². The standard InChI is InChI=1S/C15H20F2N6O2/c1-9-6-18-4-2-3-10(9)24-14-8-19-7-12(21-14)20-11-5-13(23-22-11)25-15(16)17/h5,7-10,15,18H,2-4,6H2,1H3,(H2,20,21,22,23)/t9-,10-/m0/s1. The molecule has 0 bridgehead atoms. The van der Waals surface area contributed by atoms with Crippen molar-refractivity contribution in [3.8, 4) is 11.8 Å². The van der Waals surface area contributed by atoms with Crippen LogP contribution in [0.5, 0.6) is 11.8 Å². The van der Waals surface area contributed by atoms with Gasteiger partial charge in [0.25, 0.3) is 0 Å². The second-order valence-electron chi connectivity index (χ2n) is 5.84. The summed E-state index contributed by atoms with van der Waals surface area (Å²) in [4.78, 5) is 8.43. The molecule has 3 heterocycles. The Labute approximate surface area is 143 Å². The van der Waals surface area contributed by atoms with Gasteiger partial charge in [0.2, 0.25) is 11.8 Å². The van der Waals surface area contributed by atoms with Crippen molar-refractivity contribution in [3.05, 3.63) is 18.5 Å². The molecule has 2 aromatic rings. The van der Waals surface area contributed by atoms with Crippen LogP contribution >= 0.6 is 0 Å². The number of nitrogens with one attached hydrogen (secondary N) is 3. The zero-order valence-corrected chi connectivity index (χ0v) is 13.7. The smallest absolute Gasteiger partial charge is 0.388 e. The van der Waals surface area contributed by atoms with Gasteiger partial charge in [0.05, 0.1) is 12.4 Å². The molecule has 8 nitrogen and oxygen atoms in total. The summed E-state index contributed by atoms with van der Waals surface area (Å²) in [6.45, 7) is 1.10. The fraction of sp³-hybridized carbons (Fsp3) is 0.533. The molecule has 0 radical (unpaired) electrons. The zero-order valence-electron chi connectivity index (χ0n) is 13.7. The number of nitrogens with zero attached hydrogens (tertiary/aromatic N) is 3. The number of ether oxygens (including phenoxy) is 2. The van der Waals surface area contributed by atoms with Crippen molar-refractivity contribution in [1.82, 2.24) is 25.5 Å². The van der Waals surface area contributed by atoms with Crippen LogP contribution in [0, 0.1) is 5.92 Å². The third-order valence-electron chi connectivity index (χ3n) is 3.85. The number of aromatic amines is 1. The molecule has 10 heteroatoms. The molecule has 0 aromatic carbocycles. The second kappa shape index (κ2) is 8.06. The van der Waals surface area contributed by atoms with Gasteiger partial charge in [0, 0.05) is 18.5 Å². The Morgan fingerprint density at radius 3 is 3.04 bits per heavy atom. The SMILES string of the molecule is C[C@H]1CNCCC[C@@H]1Oc1cncc(Nc2cc(OC(F)F)[nH]n2)n1. The van der Waals surface area contributed by atoms with Crippen molar-refractivity contribution in [3.63, 3.8) is 0 Å². The molecular formula is C15H20F2N6O2. The van der Waals surface area contributed by atoms with Crippen LogP contribution in [0.25, 0.3) is 0 Å². The molecule has 0 unspecified atom stereocenters. The number of H-pyrrole nitrogens is 1. The third-order valence-corrected chi connectivity index (χ3v) is 3.85. The van der Waals surface area contributed by atoms with Crippen molar-refractivity contribution in [1.29, 1.82) is 0 Å². The third kappa shape index (κ3) is 4.99. The van der Waals surface area contributed by atoms with Crippen molar-refractivity contribution in [2.45, 2.75) is 32.5 Å². The van der Waals surface area contributed by atoms with Gasteiger partial charge < -0.3 is 20.1 Å². The van der Waals surface area contributed by atoms with E-state index in [1.165, 1.54) is 12.3 Å². The minimum absolute atomic E-state index is 0.0657. The maximum Gasteiger partial charge on any atom is 0.388 e. The highest BCUT2D eigenvalue weighted by atomic mass is 19.3. The summed E-state index contributed by atoms with van der Waals surface area (Å²) in [5, 5.41) is 12.4. The Bertz CT molecular complexity index is 684. The van der Waals surface area contributed by atoms with E-state index in [0.29, 0.717) is 17.6 Å². The lowest BCUT2D eigenvalue weighted by Crippen LogP contribution is -2.29. The molecule has 0 aliphatic carbocycles. The van der Waals surface area contributed by atoms with Crippen LogP contribution in [0.1, 0.15) is 19.8 Å². The van der Waals surface area contributed by atoms with Gasteiger partial charge in [-0.3, -0.25) is 4.98 Å². The summed E-state index contributed by atoms with van der Waals surface area (Å²) >= 11 is 0. The average Bonchev–Trinajstić information content (AvgIpc) is 2.89.